The summed E-state index contributed by atoms with van der Waals surface area (Å²) < 4.78 is 33.0. The van der Waals surface area contributed by atoms with Crippen LogP contribution in [0.4, 0.5) is 0 Å². The summed E-state index contributed by atoms with van der Waals surface area (Å²) in [6.45, 7) is 0. The molecule has 0 unspecified atom stereocenters. The first-order chi connectivity index (χ1) is 8.03. The first kappa shape index (κ1) is 14.4. The van der Waals surface area contributed by atoms with Crippen LogP contribution in [-0.2, 0) is 10.0 Å². The number of rotatable bonds is 3. The molecule has 0 atom stereocenters. The van der Waals surface area contributed by atoms with E-state index in [0.717, 1.165) is 0 Å². The van der Waals surface area contributed by atoms with Crippen molar-refractivity contribution < 1.29 is 13.2 Å². The van der Waals surface area contributed by atoms with Crippen LogP contribution in [0.5, 0.6) is 5.75 Å². The molecule has 0 saturated heterocycles. The lowest BCUT2D eigenvalue weighted by Gasteiger charge is -2.03. The highest BCUT2D eigenvalue weighted by Crippen LogP contribution is 2.20. The standard InChI is InChI=1S/C10H13NO3S3/c1-14-8-4-6-9(7-5-8)17(12,13)11-10(15-2)16-3/h4-7H,1-3H3. The maximum Gasteiger partial charge on any atom is 0.283 e. The smallest absolute Gasteiger partial charge is 0.283 e. The number of hydrogen-bond acceptors (Lipinski definition) is 5. The van der Waals surface area contributed by atoms with Gasteiger partial charge >= 0.3 is 0 Å². The number of sulfonamides is 1. The van der Waals surface area contributed by atoms with E-state index < -0.39 is 10.0 Å². The van der Waals surface area contributed by atoms with E-state index in [2.05, 4.69) is 4.40 Å². The van der Waals surface area contributed by atoms with Gasteiger partial charge in [-0.25, -0.2) is 0 Å². The van der Waals surface area contributed by atoms with Crippen molar-refractivity contribution in [3.8, 4) is 5.75 Å². The maximum absolute atomic E-state index is 11.9. The summed E-state index contributed by atoms with van der Waals surface area (Å²) >= 11 is 2.62. The fourth-order valence-corrected chi connectivity index (χ4v) is 3.69. The Morgan fingerprint density at radius 3 is 2.12 bits per heavy atom. The molecule has 4 nitrogen and oxygen atoms in total. The number of ether oxygens (including phenoxy) is 1. The quantitative estimate of drug-likeness (QED) is 0.632. The van der Waals surface area contributed by atoms with Gasteiger partial charge in [0.1, 0.15) is 10.1 Å². The molecule has 7 heteroatoms. The summed E-state index contributed by atoms with van der Waals surface area (Å²) in [5, 5.41) is 0. The molecule has 0 bridgehead atoms. The Morgan fingerprint density at radius 1 is 1.18 bits per heavy atom. The van der Waals surface area contributed by atoms with E-state index in [4.69, 9.17) is 4.74 Å². The van der Waals surface area contributed by atoms with Crippen LogP contribution in [0.2, 0.25) is 0 Å². The van der Waals surface area contributed by atoms with Gasteiger partial charge < -0.3 is 4.74 Å². The number of hydrogen-bond donors (Lipinski definition) is 0. The predicted molar refractivity (Wildman–Crippen MR) is 74.6 cm³/mol. The molecule has 1 aromatic rings. The molecule has 0 aliphatic carbocycles. The van der Waals surface area contributed by atoms with Crippen molar-refractivity contribution >= 4 is 37.9 Å². The van der Waals surface area contributed by atoms with E-state index in [1.807, 2.05) is 0 Å². The Labute approximate surface area is 110 Å². The molecule has 0 saturated carbocycles. The second-order valence-corrected chi connectivity index (χ2v) is 6.37. The largest absolute Gasteiger partial charge is 0.497 e. The minimum absolute atomic E-state index is 0.166. The van der Waals surface area contributed by atoms with E-state index in [1.54, 1.807) is 24.6 Å². The first-order valence-electron chi connectivity index (χ1n) is 4.60. The molecular formula is C10H13NO3S3. The zero-order valence-electron chi connectivity index (χ0n) is 9.71. The second kappa shape index (κ2) is 6.32. The third-order valence-corrected chi connectivity index (χ3v) is 5.30. The molecular weight excluding hydrogens is 278 g/mol. The Bertz CT molecular complexity index is 488. The summed E-state index contributed by atoms with van der Waals surface area (Å²) in [6.07, 6.45) is 3.58. The van der Waals surface area contributed by atoms with E-state index in [1.165, 1.54) is 42.8 Å². The normalized spacial score (nSPS) is 11.0. The van der Waals surface area contributed by atoms with Gasteiger partial charge in [-0.1, -0.05) is 0 Å². The van der Waals surface area contributed by atoms with Gasteiger partial charge in [-0.3, -0.25) is 0 Å². The van der Waals surface area contributed by atoms with Crippen molar-refractivity contribution in [1.29, 1.82) is 0 Å². The lowest BCUT2D eigenvalue weighted by molar-refractivity contribution is 0.414. The molecule has 17 heavy (non-hydrogen) atoms. The molecule has 0 amide bonds. The SMILES string of the molecule is COc1ccc(S(=O)(=O)N=C(SC)SC)cc1. The minimum Gasteiger partial charge on any atom is -0.497 e. The summed E-state index contributed by atoms with van der Waals surface area (Å²) in [5.41, 5.74) is 0. The second-order valence-electron chi connectivity index (χ2n) is 2.92. The van der Waals surface area contributed by atoms with Crippen molar-refractivity contribution in [2.75, 3.05) is 19.6 Å². The molecule has 0 spiro atoms. The van der Waals surface area contributed by atoms with Crippen LogP contribution in [-0.4, -0.2) is 32.4 Å². The van der Waals surface area contributed by atoms with Crippen molar-refractivity contribution in [3.63, 3.8) is 0 Å². The Morgan fingerprint density at radius 2 is 1.71 bits per heavy atom. The molecule has 0 fully saturated rings. The third-order valence-electron chi connectivity index (χ3n) is 1.90. The highest BCUT2D eigenvalue weighted by Gasteiger charge is 2.13. The van der Waals surface area contributed by atoms with Crippen LogP contribution in [0.1, 0.15) is 0 Å². The molecule has 94 valence electrons. The molecule has 0 N–H and O–H groups in total. The maximum atomic E-state index is 11.9. The Balaban J connectivity index is 3.09. The van der Waals surface area contributed by atoms with Gasteiger partial charge in [-0.2, -0.15) is 8.42 Å². The summed E-state index contributed by atoms with van der Waals surface area (Å²) in [6, 6.07) is 6.16. The van der Waals surface area contributed by atoms with Crippen LogP contribution < -0.4 is 4.74 Å². The average molecular weight is 291 g/mol. The van der Waals surface area contributed by atoms with Gasteiger partial charge in [-0.15, -0.1) is 27.9 Å². The van der Waals surface area contributed by atoms with Crippen LogP contribution in [0.15, 0.2) is 33.6 Å². The fraction of sp³-hybridized carbons (Fsp3) is 0.300. The van der Waals surface area contributed by atoms with Crippen LogP contribution in [0.3, 0.4) is 0 Å². The molecule has 0 heterocycles. The number of thioether (sulfide) groups is 2. The zero-order chi connectivity index (χ0) is 12.9. The van der Waals surface area contributed by atoms with E-state index in [0.29, 0.717) is 10.1 Å². The minimum atomic E-state index is -3.62. The summed E-state index contributed by atoms with van der Waals surface area (Å²) in [4.78, 5) is 0.166. The van der Waals surface area contributed by atoms with Crippen LogP contribution in [0, 0.1) is 0 Å². The fourth-order valence-electron chi connectivity index (χ4n) is 1.06. The highest BCUT2D eigenvalue weighted by atomic mass is 32.2. The van der Waals surface area contributed by atoms with E-state index >= 15 is 0 Å². The molecule has 0 radical (unpaired) electrons. The summed E-state index contributed by atoms with van der Waals surface area (Å²) in [7, 11) is -2.09. The lowest BCUT2D eigenvalue weighted by atomic mass is 10.3. The van der Waals surface area contributed by atoms with E-state index in [-0.39, 0.29) is 4.90 Å². The third kappa shape index (κ3) is 3.93. The molecule has 1 rings (SSSR count). The topological polar surface area (TPSA) is 55.7 Å². The van der Waals surface area contributed by atoms with Crippen molar-refractivity contribution in [3.05, 3.63) is 24.3 Å². The zero-order valence-corrected chi connectivity index (χ0v) is 12.2. The van der Waals surface area contributed by atoms with Gasteiger partial charge in [0, 0.05) is 0 Å². The Hall–Kier alpha value is -0.660. The molecule has 0 aliphatic rings. The highest BCUT2D eigenvalue weighted by molar-refractivity contribution is 8.38. The van der Waals surface area contributed by atoms with Crippen molar-refractivity contribution in [1.82, 2.24) is 0 Å². The van der Waals surface area contributed by atoms with Gasteiger partial charge in [-0.05, 0) is 36.8 Å². The molecule has 1 aromatic carbocycles. The summed E-state index contributed by atoms with van der Waals surface area (Å²) in [5.74, 6) is 0.614. The van der Waals surface area contributed by atoms with Gasteiger partial charge in [0.15, 0.2) is 0 Å². The monoisotopic (exact) mass is 291 g/mol. The van der Waals surface area contributed by atoms with E-state index in [9.17, 15) is 8.42 Å². The van der Waals surface area contributed by atoms with Crippen molar-refractivity contribution in [2.24, 2.45) is 4.40 Å². The first-order valence-corrected chi connectivity index (χ1v) is 8.49. The van der Waals surface area contributed by atoms with Gasteiger partial charge in [0.2, 0.25) is 0 Å². The van der Waals surface area contributed by atoms with Gasteiger partial charge in [0.05, 0.1) is 12.0 Å². The molecule has 0 aliphatic heterocycles. The Kier molecular flexibility index (Phi) is 5.35. The number of benzene rings is 1. The van der Waals surface area contributed by atoms with Crippen molar-refractivity contribution in [2.45, 2.75) is 4.90 Å². The lowest BCUT2D eigenvalue weighted by Crippen LogP contribution is -1.99. The number of nitrogens with zero attached hydrogens (tertiary/aromatic N) is 1. The molecule has 0 aromatic heterocycles. The predicted octanol–water partition coefficient (Wildman–Crippen LogP) is 2.47. The average Bonchev–Trinajstić information content (AvgIpc) is 2.36. The number of methoxy groups -OCH3 is 1. The van der Waals surface area contributed by atoms with Gasteiger partial charge in [0.25, 0.3) is 10.0 Å². The van der Waals surface area contributed by atoms with Crippen LogP contribution >= 0.6 is 23.5 Å². The van der Waals surface area contributed by atoms with Crippen LogP contribution in [0.25, 0.3) is 0 Å².